The monoisotopic (exact) mass is 282 g/mol. The SMILES string of the molecule is CC(NC(=O)C1CCC(CN)O1)c1ccccc1Cl. The highest BCUT2D eigenvalue weighted by atomic mass is 35.5. The third-order valence-electron chi connectivity index (χ3n) is 3.39. The van der Waals surface area contributed by atoms with Gasteiger partial charge in [-0.15, -0.1) is 0 Å². The summed E-state index contributed by atoms with van der Waals surface area (Å²) in [6.45, 7) is 2.37. The van der Waals surface area contributed by atoms with Gasteiger partial charge in [0.2, 0.25) is 5.91 Å². The number of hydrogen-bond donors (Lipinski definition) is 2. The highest BCUT2D eigenvalue weighted by Crippen LogP contribution is 2.24. The fourth-order valence-corrected chi connectivity index (χ4v) is 2.58. The second-order valence-corrected chi connectivity index (χ2v) is 5.22. The molecule has 1 saturated heterocycles. The van der Waals surface area contributed by atoms with E-state index in [4.69, 9.17) is 22.1 Å². The molecule has 5 heteroatoms. The van der Waals surface area contributed by atoms with E-state index in [1.54, 1.807) is 0 Å². The fourth-order valence-electron chi connectivity index (χ4n) is 2.28. The molecule has 0 aliphatic carbocycles. The Morgan fingerprint density at radius 3 is 2.89 bits per heavy atom. The van der Waals surface area contributed by atoms with Crippen molar-refractivity contribution in [2.75, 3.05) is 6.54 Å². The molecule has 0 bridgehead atoms. The summed E-state index contributed by atoms with van der Waals surface area (Å²) in [5, 5.41) is 3.59. The van der Waals surface area contributed by atoms with E-state index in [1.807, 2.05) is 31.2 Å². The average molecular weight is 283 g/mol. The Hall–Kier alpha value is -1.10. The number of carbonyl (C=O) groups is 1. The minimum atomic E-state index is -0.390. The molecular weight excluding hydrogens is 264 g/mol. The summed E-state index contributed by atoms with van der Waals surface area (Å²) in [4.78, 5) is 12.1. The molecule has 1 aromatic rings. The summed E-state index contributed by atoms with van der Waals surface area (Å²) in [6, 6.07) is 7.36. The van der Waals surface area contributed by atoms with Gasteiger partial charge in [0.25, 0.3) is 0 Å². The van der Waals surface area contributed by atoms with E-state index in [1.165, 1.54) is 0 Å². The van der Waals surface area contributed by atoms with Crippen molar-refractivity contribution < 1.29 is 9.53 Å². The van der Waals surface area contributed by atoms with Crippen molar-refractivity contribution in [3.05, 3.63) is 34.9 Å². The summed E-state index contributed by atoms with van der Waals surface area (Å²) >= 11 is 6.11. The van der Waals surface area contributed by atoms with E-state index < -0.39 is 6.10 Å². The Balaban J connectivity index is 1.94. The van der Waals surface area contributed by atoms with Crippen molar-refractivity contribution >= 4 is 17.5 Å². The number of amides is 1. The largest absolute Gasteiger partial charge is 0.364 e. The van der Waals surface area contributed by atoms with Crippen LogP contribution in [-0.4, -0.2) is 24.7 Å². The van der Waals surface area contributed by atoms with Crippen LogP contribution in [0, 0.1) is 0 Å². The van der Waals surface area contributed by atoms with Gasteiger partial charge in [-0.1, -0.05) is 29.8 Å². The minimum Gasteiger partial charge on any atom is -0.364 e. The zero-order chi connectivity index (χ0) is 13.8. The Morgan fingerprint density at radius 1 is 1.53 bits per heavy atom. The maximum atomic E-state index is 12.1. The lowest BCUT2D eigenvalue weighted by Crippen LogP contribution is -2.37. The second kappa shape index (κ2) is 6.37. The zero-order valence-corrected chi connectivity index (χ0v) is 11.7. The summed E-state index contributed by atoms with van der Waals surface area (Å²) in [5.41, 5.74) is 6.44. The lowest BCUT2D eigenvalue weighted by atomic mass is 10.1. The number of hydrogen-bond acceptors (Lipinski definition) is 3. The van der Waals surface area contributed by atoms with Crippen LogP contribution < -0.4 is 11.1 Å². The van der Waals surface area contributed by atoms with Crippen LogP contribution in [0.4, 0.5) is 0 Å². The zero-order valence-electron chi connectivity index (χ0n) is 10.9. The van der Waals surface area contributed by atoms with Crippen molar-refractivity contribution in [3.8, 4) is 0 Å². The molecule has 0 radical (unpaired) electrons. The summed E-state index contributed by atoms with van der Waals surface area (Å²) in [7, 11) is 0. The molecule has 0 spiro atoms. The van der Waals surface area contributed by atoms with Gasteiger partial charge in [0.15, 0.2) is 0 Å². The first kappa shape index (κ1) is 14.3. The van der Waals surface area contributed by atoms with Crippen molar-refractivity contribution in [1.82, 2.24) is 5.32 Å². The molecule has 4 nitrogen and oxygen atoms in total. The molecule has 3 atom stereocenters. The predicted octanol–water partition coefficient (Wildman–Crippen LogP) is 2.02. The molecule has 1 aromatic carbocycles. The van der Waals surface area contributed by atoms with Crippen LogP contribution in [0.2, 0.25) is 5.02 Å². The van der Waals surface area contributed by atoms with Gasteiger partial charge in [0.1, 0.15) is 6.10 Å². The lowest BCUT2D eigenvalue weighted by Gasteiger charge is -2.18. The second-order valence-electron chi connectivity index (χ2n) is 4.81. The number of halogens is 1. The molecular formula is C14H19ClN2O2. The van der Waals surface area contributed by atoms with E-state index in [0.717, 1.165) is 18.4 Å². The molecule has 0 aromatic heterocycles. The summed E-state index contributed by atoms with van der Waals surface area (Å²) in [5.74, 6) is -0.0941. The van der Waals surface area contributed by atoms with Crippen LogP contribution in [0.1, 0.15) is 31.4 Å². The number of ether oxygens (including phenoxy) is 1. The van der Waals surface area contributed by atoms with Gasteiger partial charge in [-0.05, 0) is 31.4 Å². The first-order chi connectivity index (χ1) is 9.11. The van der Waals surface area contributed by atoms with Crippen molar-refractivity contribution in [2.24, 2.45) is 5.73 Å². The minimum absolute atomic E-state index is 0.00590. The highest BCUT2D eigenvalue weighted by molar-refractivity contribution is 6.31. The third-order valence-corrected chi connectivity index (χ3v) is 3.74. The van der Waals surface area contributed by atoms with Crippen molar-refractivity contribution in [1.29, 1.82) is 0 Å². The van der Waals surface area contributed by atoms with Gasteiger partial charge < -0.3 is 15.8 Å². The average Bonchev–Trinajstić information content (AvgIpc) is 2.88. The van der Waals surface area contributed by atoms with Crippen LogP contribution >= 0.6 is 11.6 Å². The van der Waals surface area contributed by atoms with Gasteiger partial charge in [-0.3, -0.25) is 4.79 Å². The smallest absolute Gasteiger partial charge is 0.249 e. The highest BCUT2D eigenvalue weighted by Gasteiger charge is 2.30. The molecule has 1 amide bonds. The number of benzene rings is 1. The van der Waals surface area contributed by atoms with Gasteiger partial charge in [0.05, 0.1) is 12.1 Å². The lowest BCUT2D eigenvalue weighted by molar-refractivity contribution is -0.132. The topological polar surface area (TPSA) is 64.4 Å². The molecule has 0 saturated carbocycles. The van der Waals surface area contributed by atoms with Crippen LogP contribution in [0.5, 0.6) is 0 Å². The first-order valence-electron chi connectivity index (χ1n) is 6.52. The van der Waals surface area contributed by atoms with Crippen LogP contribution in [0.25, 0.3) is 0 Å². The first-order valence-corrected chi connectivity index (χ1v) is 6.90. The molecule has 3 N–H and O–H groups in total. The van der Waals surface area contributed by atoms with Gasteiger partial charge in [0, 0.05) is 11.6 Å². The molecule has 1 fully saturated rings. The number of nitrogens with one attached hydrogen (secondary N) is 1. The van der Waals surface area contributed by atoms with Crippen molar-refractivity contribution in [3.63, 3.8) is 0 Å². The van der Waals surface area contributed by atoms with E-state index in [9.17, 15) is 4.79 Å². The van der Waals surface area contributed by atoms with Crippen LogP contribution in [-0.2, 0) is 9.53 Å². The van der Waals surface area contributed by atoms with Crippen LogP contribution in [0.15, 0.2) is 24.3 Å². The standard InChI is InChI=1S/C14H19ClN2O2/c1-9(11-4-2-3-5-12(11)15)17-14(18)13-7-6-10(8-16)19-13/h2-5,9-10,13H,6-8,16H2,1H3,(H,17,18). The molecule has 19 heavy (non-hydrogen) atoms. The van der Waals surface area contributed by atoms with E-state index in [2.05, 4.69) is 5.32 Å². The number of rotatable bonds is 4. The Morgan fingerprint density at radius 2 is 2.26 bits per heavy atom. The third kappa shape index (κ3) is 3.47. The summed E-state index contributed by atoms with van der Waals surface area (Å²) < 4.78 is 5.57. The Kier molecular flexibility index (Phi) is 4.80. The number of nitrogens with two attached hydrogens (primary N) is 1. The van der Waals surface area contributed by atoms with Gasteiger partial charge in [-0.25, -0.2) is 0 Å². The molecule has 3 unspecified atom stereocenters. The predicted molar refractivity (Wildman–Crippen MR) is 75.0 cm³/mol. The normalized spacial score (nSPS) is 24.2. The molecule has 104 valence electrons. The summed E-state index contributed by atoms with van der Waals surface area (Å²) in [6.07, 6.45) is 1.18. The Labute approximate surface area is 118 Å². The quantitative estimate of drug-likeness (QED) is 0.888. The fraction of sp³-hybridized carbons (Fsp3) is 0.500. The van der Waals surface area contributed by atoms with Crippen LogP contribution in [0.3, 0.4) is 0 Å². The van der Waals surface area contributed by atoms with Crippen molar-refractivity contribution in [2.45, 2.75) is 38.0 Å². The molecule has 1 aliphatic heterocycles. The van der Waals surface area contributed by atoms with E-state index in [-0.39, 0.29) is 18.1 Å². The molecule has 1 aliphatic rings. The van der Waals surface area contributed by atoms with E-state index >= 15 is 0 Å². The molecule has 1 heterocycles. The Bertz CT molecular complexity index is 453. The van der Waals surface area contributed by atoms with E-state index in [0.29, 0.717) is 11.6 Å². The molecule has 2 rings (SSSR count). The van der Waals surface area contributed by atoms with Gasteiger partial charge in [-0.2, -0.15) is 0 Å². The maximum Gasteiger partial charge on any atom is 0.249 e. The number of carbonyl (C=O) groups excluding carboxylic acids is 1. The maximum absolute atomic E-state index is 12.1. The van der Waals surface area contributed by atoms with Gasteiger partial charge >= 0.3 is 0 Å².